The van der Waals surface area contributed by atoms with Crippen LogP contribution in [0.25, 0.3) is 11.4 Å². The van der Waals surface area contributed by atoms with Gasteiger partial charge >= 0.3 is 0 Å². The van der Waals surface area contributed by atoms with Crippen LogP contribution < -0.4 is 11.1 Å². The number of nitrogens with zero attached hydrogens (tertiary/aromatic N) is 3. The van der Waals surface area contributed by atoms with Crippen molar-refractivity contribution in [2.75, 3.05) is 12.3 Å². The zero-order chi connectivity index (χ0) is 15.4. The highest BCUT2D eigenvalue weighted by Crippen LogP contribution is 2.17. The highest BCUT2D eigenvalue weighted by molar-refractivity contribution is 5.79. The van der Waals surface area contributed by atoms with Crippen LogP contribution in [0, 0.1) is 5.92 Å². The quantitative estimate of drug-likeness (QED) is 0.822. The van der Waals surface area contributed by atoms with Gasteiger partial charge in [0.05, 0.1) is 0 Å². The molecule has 6 nitrogen and oxygen atoms in total. The normalized spacial score (nSPS) is 12.4. The van der Waals surface area contributed by atoms with E-state index in [0.717, 1.165) is 5.56 Å². The maximum Gasteiger partial charge on any atom is 0.244 e. The lowest BCUT2D eigenvalue weighted by atomic mass is 10.2. The first-order chi connectivity index (χ1) is 9.97. The number of hydrogen-bond donors (Lipinski definition) is 2. The molecule has 0 radical (unpaired) electrons. The molecule has 1 unspecified atom stereocenters. The number of rotatable bonds is 5. The van der Waals surface area contributed by atoms with Gasteiger partial charge in [0.25, 0.3) is 0 Å². The van der Waals surface area contributed by atoms with Crippen LogP contribution in [-0.2, 0) is 4.79 Å². The fourth-order valence-electron chi connectivity index (χ4n) is 1.80. The van der Waals surface area contributed by atoms with Gasteiger partial charge in [-0.1, -0.05) is 13.8 Å². The molecule has 21 heavy (non-hydrogen) atoms. The molecule has 0 saturated carbocycles. The van der Waals surface area contributed by atoms with Crippen LogP contribution in [-0.4, -0.2) is 27.2 Å². The van der Waals surface area contributed by atoms with Gasteiger partial charge in [-0.25, -0.2) is 9.67 Å². The van der Waals surface area contributed by atoms with E-state index in [4.69, 9.17) is 5.73 Å². The predicted octanol–water partition coefficient (Wildman–Crippen LogP) is 1.86. The van der Waals surface area contributed by atoms with Gasteiger partial charge < -0.3 is 11.1 Å². The number of nitrogens with two attached hydrogens (primary N) is 1. The van der Waals surface area contributed by atoms with Crippen LogP contribution >= 0.6 is 0 Å². The van der Waals surface area contributed by atoms with E-state index in [1.807, 2.05) is 12.1 Å². The molecule has 0 spiro atoms. The van der Waals surface area contributed by atoms with E-state index in [0.29, 0.717) is 24.0 Å². The Morgan fingerprint density at radius 2 is 1.95 bits per heavy atom. The number of anilines is 1. The van der Waals surface area contributed by atoms with Crippen molar-refractivity contribution in [2.24, 2.45) is 5.92 Å². The zero-order valence-electron chi connectivity index (χ0n) is 12.6. The molecule has 1 heterocycles. The van der Waals surface area contributed by atoms with E-state index in [2.05, 4.69) is 29.2 Å². The summed E-state index contributed by atoms with van der Waals surface area (Å²) in [4.78, 5) is 16.3. The van der Waals surface area contributed by atoms with E-state index < -0.39 is 6.04 Å². The largest absolute Gasteiger partial charge is 0.399 e. The van der Waals surface area contributed by atoms with Crippen LogP contribution in [0.4, 0.5) is 5.69 Å². The first kappa shape index (κ1) is 15.0. The molecule has 1 atom stereocenters. The third-order valence-electron chi connectivity index (χ3n) is 3.14. The molecule has 0 saturated heterocycles. The molecule has 0 fully saturated rings. The summed E-state index contributed by atoms with van der Waals surface area (Å²) in [6.45, 7) is 6.57. The van der Waals surface area contributed by atoms with Crippen molar-refractivity contribution >= 4 is 11.6 Å². The summed E-state index contributed by atoms with van der Waals surface area (Å²) >= 11 is 0. The van der Waals surface area contributed by atoms with Crippen LogP contribution in [0.3, 0.4) is 0 Å². The van der Waals surface area contributed by atoms with Crippen LogP contribution in [0.5, 0.6) is 0 Å². The molecule has 3 N–H and O–H groups in total. The monoisotopic (exact) mass is 287 g/mol. The van der Waals surface area contributed by atoms with Gasteiger partial charge in [0, 0.05) is 17.8 Å². The van der Waals surface area contributed by atoms with Crippen molar-refractivity contribution in [1.29, 1.82) is 0 Å². The van der Waals surface area contributed by atoms with E-state index in [1.165, 1.54) is 0 Å². The lowest BCUT2D eigenvalue weighted by Crippen LogP contribution is -2.33. The Bertz CT molecular complexity index is 603. The highest BCUT2D eigenvalue weighted by Gasteiger charge is 2.17. The number of carbonyl (C=O) groups is 1. The van der Waals surface area contributed by atoms with Crippen molar-refractivity contribution < 1.29 is 4.79 Å². The highest BCUT2D eigenvalue weighted by atomic mass is 16.2. The van der Waals surface area contributed by atoms with E-state index in [1.54, 1.807) is 30.1 Å². The van der Waals surface area contributed by atoms with Crippen LogP contribution in [0.1, 0.15) is 26.8 Å². The van der Waals surface area contributed by atoms with Gasteiger partial charge in [-0.3, -0.25) is 4.79 Å². The Labute approximate surface area is 124 Å². The lowest BCUT2D eigenvalue weighted by molar-refractivity contribution is -0.124. The van der Waals surface area contributed by atoms with Crippen LogP contribution in [0.2, 0.25) is 0 Å². The number of benzene rings is 1. The van der Waals surface area contributed by atoms with Crippen molar-refractivity contribution in [1.82, 2.24) is 20.1 Å². The number of amides is 1. The summed E-state index contributed by atoms with van der Waals surface area (Å²) < 4.78 is 1.57. The second-order valence-electron chi connectivity index (χ2n) is 5.49. The van der Waals surface area contributed by atoms with E-state index >= 15 is 0 Å². The van der Waals surface area contributed by atoms with Gasteiger partial charge in [-0.15, -0.1) is 0 Å². The van der Waals surface area contributed by atoms with Gasteiger partial charge in [-0.2, -0.15) is 5.10 Å². The third kappa shape index (κ3) is 3.81. The molecule has 2 rings (SSSR count). The van der Waals surface area contributed by atoms with Gasteiger partial charge in [0.1, 0.15) is 12.4 Å². The Balaban J connectivity index is 2.08. The summed E-state index contributed by atoms with van der Waals surface area (Å²) in [5.41, 5.74) is 7.22. The molecule has 2 aromatic rings. The number of aromatic nitrogens is 3. The van der Waals surface area contributed by atoms with Crippen molar-refractivity contribution in [3.8, 4) is 11.4 Å². The minimum Gasteiger partial charge on any atom is -0.399 e. The Morgan fingerprint density at radius 3 is 2.57 bits per heavy atom. The molecular formula is C15H21N5O. The van der Waals surface area contributed by atoms with Crippen molar-refractivity contribution in [3.05, 3.63) is 30.6 Å². The minimum atomic E-state index is -0.390. The lowest BCUT2D eigenvalue weighted by Gasteiger charge is -2.13. The first-order valence-corrected chi connectivity index (χ1v) is 7.02. The van der Waals surface area contributed by atoms with Crippen LogP contribution in [0.15, 0.2) is 30.6 Å². The molecule has 0 bridgehead atoms. The number of nitrogens with one attached hydrogen (secondary N) is 1. The molecule has 112 valence electrons. The second kappa shape index (κ2) is 6.39. The molecule has 0 aliphatic heterocycles. The summed E-state index contributed by atoms with van der Waals surface area (Å²) in [6.07, 6.45) is 1.57. The summed E-state index contributed by atoms with van der Waals surface area (Å²) in [7, 11) is 0. The average molecular weight is 287 g/mol. The van der Waals surface area contributed by atoms with Gasteiger partial charge in [-0.05, 0) is 37.1 Å². The Morgan fingerprint density at radius 1 is 1.29 bits per heavy atom. The SMILES string of the molecule is CC(C)CNC(=O)C(C)n1cnc(-c2ccc(N)cc2)n1. The topological polar surface area (TPSA) is 85.8 Å². The van der Waals surface area contributed by atoms with Crippen molar-refractivity contribution in [2.45, 2.75) is 26.8 Å². The summed E-state index contributed by atoms with van der Waals surface area (Å²) in [5, 5.41) is 7.25. The fourth-order valence-corrected chi connectivity index (χ4v) is 1.80. The van der Waals surface area contributed by atoms with Gasteiger partial charge in [0.15, 0.2) is 5.82 Å². The molecule has 1 amide bonds. The van der Waals surface area contributed by atoms with Gasteiger partial charge in [0.2, 0.25) is 5.91 Å². The molecule has 1 aromatic heterocycles. The van der Waals surface area contributed by atoms with Crippen molar-refractivity contribution in [3.63, 3.8) is 0 Å². The average Bonchev–Trinajstić information content (AvgIpc) is 2.94. The molecule has 1 aromatic carbocycles. The maximum absolute atomic E-state index is 12.0. The predicted molar refractivity (Wildman–Crippen MR) is 82.4 cm³/mol. The fraction of sp³-hybridized carbons (Fsp3) is 0.400. The molecule has 6 heteroatoms. The standard InChI is InChI=1S/C15H21N5O/c1-10(2)8-17-15(21)11(3)20-9-18-14(19-20)12-4-6-13(16)7-5-12/h4-7,9-11H,8,16H2,1-3H3,(H,17,21). The minimum absolute atomic E-state index is 0.0579. The van der Waals surface area contributed by atoms with E-state index in [9.17, 15) is 4.79 Å². The second-order valence-corrected chi connectivity index (χ2v) is 5.49. The Hall–Kier alpha value is -2.37. The van der Waals surface area contributed by atoms with E-state index in [-0.39, 0.29) is 5.91 Å². The number of nitrogen functional groups attached to an aromatic ring is 1. The smallest absolute Gasteiger partial charge is 0.244 e. The molecule has 0 aliphatic rings. The first-order valence-electron chi connectivity index (χ1n) is 7.02. The third-order valence-corrected chi connectivity index (χ3v) is 3.14. The Kier molecular flexibility index (Phi) is 4.57. The zero-order valence-corrected chi connectivity index (χ0v) is 12.6. The summed E-state index contributed by atoms with van der Waals surface area (Å²) in [6, 6.07) is 6.93. The molecular weight excluding hydrogens is 266 g/mol. The number of hydrogen-bond acceptors (Lipinski definition) is 4. The molecule has 0 aliphatic carbocycles. The maximum atomic E-state index is 12.0. The number of carbonyl (C=O) groups excluding carboxylic acids is 1. The summed E-state index contributed by atoms with van der Waals surface area (Å²) in [5.74, 6) is 0.943.